The van der Waals surface area contributed by atoms with Gasteiger partial charge in [0.05, 0.1) is 5.39 Å². The van der Waals surface area contributed by atoms with Crippen LogP contribution in [-0.2, 0) is 4.79 Å². The molecule has 3 aromatic rings. The predicted molar refractivity (Wildman–Crippen MR) is 103 cm³/mol. The quantitative estimate of drug-likeness (QED) is 0.642. The van der Waals surface area contributed by atoms with Gasteiger partial charge in [0.2, 0.25) is 11.2 Å². The number of halogens is 1. The molecule has 3 rings (SSSR count). The number of Topliss-reactive ketones (excluding diaryl/α,β-unsaturated/α-hetero) is 1. The number of benzene rings is 2. The molecule has 0 saturated heterocycles. The molecule has 1 atom stereocenters. The molecule has 0 aliphatic carbocycles. The highest BCUT2D eigenvalue weighted by Gasteiger charge is 2.21. The number of hydrogen-bond donors (Lipinski definition) is 0. The Morgan fingerprint density at radius 2 is 1.73 bits per heavy atom. The summed E-state index contributed by atoms with van der Waals surface area (Å²) in [7, 11) is 0. The van der Waals surface area contributed by atoms with Crippen molar-refractivity contribution >= 4 is 28.4 Å². The molecule has 2 aromatic carbocycles. The first kappa shape index (κ1) is 18.2. The van der Waals surface area contributed by atoms with Gasteiger partial charge in [-0.2, -0.15) is 0 Å². The highest BCUT2D eigenvalue weighted by atomic mass is 35.5. The summed E-state index contributed by atoms with van der Waals surface area (Å²) in [5.41, 5.74) is 2.83. The third kappa shape index (κ3) is 3.37. The molecule has 0 saturated carbocycles. The molecular weight excluding hydrogens is 352 g/mol. The van der Waals surface area contributed by atoms with E-state index in [0.717, 1.165) is 11.1 Å². The van der Waals surface area contributed by atoms with Crippen molar-refractivity contribution in [3.05, 3.63) is 62.8 Å². The lowest BCUT2D eigenvalue weighted by Crippen LogP contribution is -2.24. The van der Waals surface area contributed by atoms with Gasteiger partial charge in [0.1, 0.15) is 5.58 Å². The van der Waals surface area contributed by atoms with Crippen LogP contribution in [0.15, 0.2) is 45.6 Å². The Bertz CT molecular complexity index is 1050. The number of ether oxygens (including phenoxy) is 1. The zero-order valence-electron chi connectivity index (χ0n) is 15.1. The highest BCUT2D eigenvalue weighted by Crippen LogP contribution is 2.33. The van der Waals surface area contributed by atoms with Crippen molar-refractivity contribution in [1.29, 1.82) is 0 Å². The average molecular weight is 371 g/mol. The van der Waals surface area contributed by atoms with E-state index in [4.69, 9.17) is 20.8 Å². The standard InChI is InChI=1S/C21H19ClO4/c1-11-9-17-18(10-12(11)2)26-20(15-5-7-16(22)8-6-15)21(19(17)24)25-14(4)13(3)23/h5-10,14H,1-4H3/t14-/m1/s1. The van der Waals surface area contributed by atoms with E-state index in [0.29, 0.717) is 21.6 Å². The van der Waals surface area contributed by atoms with Crippen LogP contribution in [0.1, 0.15) is 25.0 Å². The molecule has 0 fully saturated rings. The molecule has 0 aliphatic heterocycles. The van der Waals surface area contributed by atoms with Gasteiger partial charge in [-0.1, -0.05) is 11.6 Å². The van der Waals surface area contributed by atoms with Crippen molar-refractivity contribution in [3.8, 4) is 17.1 Å². The van der Waals surface area contributed by atoms with Crippen LogP contribution in [0, 0.1) is 13.8 Å². The van der Waals surface area contributed by atoms with Crippen LogP contribution in [0.25, 0.3) is 22.3 Å². The molecule has 4 nitrogen and oxygen atoms in total. The van der Waals surface area contributed by atoms with Crippen LogP contribution >= 0.6 is 11.6 Å². The molecule has 0 amide bonds. The van der Waals surface area contributed by atoms with E-state index in [1.165, 1.54) is 6.92 Å². The molecule has 1 heterocycles. The topological polar surface area (TPSA) is 56.5 Å². The number of aryl methyl sites for hydroxylation is 2. The average Bonchev–Trinajstić information content (AvgIpc) is 2.59. The van der Waals surface area contributed by atoms with Crippen LogP contribution < -0.4 is 10.2 Å². The normalized spacial score (nSPS) is 12.2. The minimum atomic E-state index is -0.757. The van der Waals surface area contributed by atoms with E-state index in [-0.39, 0.29) is 22.7 Å². The summed E-state index contributed by atoms with van der Waals surface area (Å²) < 4.78 is 11.7. The summed E-state index contributed by atoms with van der Waals surface area (Å²) in [6.07, 6.45) is -0.757. The number of ketones is 1. The predicted octanol–water partition coefficient (Wildman–Crippen LogP) is 5.09. The second-order valence-corrected chi connectivity index (χ2v) is 6.84. The largest absolute Gasteiger partial charge is 0.475 e. The zero-order chi connectivity index (χ0) is 19.0. The van der Waals surface area contributed by atoms with Gasteiger partial charge in [-0.15, -0.1) is 0 Å². The van der Waals surface area contributed by atoms with E-state index >= 15 is 0 Å². The molecule has 0 bridgehead atoms. The second kappa shape index (κ2) is 6.96. The lowest BCUT2D eigenvalue weighted by atomic mass is 10.0. The molecule has 134 valence electrons. The van der Waals surface area contributed by atoms with Crippen LogP contribution in [0.2, 0.25) is 5.02 Å². The van der Waals surface area contributed by atoms with Crippen molar-refractivity contribution in [2.45, 2.75) is 33.8 Å². The van der Waals surface area contributed by atoms with Crippen molar-refractivity contribution < 1.29 is 13.9 Å². The SMILES string of the molecule is CC(=O)[C@@H](C)Oc1c(-c2ccc(Cl)cc2)oc2cc(C)c(C)cc2c1=O. The van der Waals surface area contributed by atoms with Crippen molar-refractivity contribution in [3.63, 3.8) is 0 Å². The number of carbonyl (C=O) groups is 1. The van der Waals surface area contributed by atoms with Gasteiger partial charge in [0.15, 0.2) is 17.6 Å². The Balaban J connectivity index is 2.32. The fourth-order valence-electron chi connectivity index (χ4n) is 2.59. The molecule has 0 aliphatic rings. The molecule has 5 heteroatoms. The third-order valence-corrected chi connectivity index (χ3v) is 4.69. The summed E-state index contributed by atoms with van der Waals surface area (Å²) in [6, 6.07) is 10.5. The lowest BCUT2D eigenvalue weighted by Gasteiger charge is -2.15. The minimum Gasteiger partial charge on any atom is -0.475 e. The summed E-state index contributed by atoms with van der Waals surface area (Å²) in [5.74, 6) is 0.146. The maximum Gasteiger partial charge on any atom is 0.235 e. The molecular formula is C21H19ClO4. The fourth-order valence-corrected chi connectivity index (χ4v) is 2.72. The van der Waals surface area contributed by atoms with Crippen LogP contribution in [0.5, 0.6) is 5.75 Å². The molecule has 0 spiro atoms. The maximum absolute atomic E-state index is 13.1. The van der Waals surface area contributed by atoms with Gasteiger partial charge >= 0.3 is 0 Å². The van der Waals surface area contributed by atoms with Crippen LogP contribution in [-0.4, -0.2) is 11.9 Å². The molecule has 0 unspecified atom stereocenters. The Morgan fingerprint density at radius 3 is 2.35 bits per heavy atom. The van der Waals surface area contributed by atoms with Gasteiger partial charge in [-0.3, -0.25) is 9.59 Å². The van der Waals surface area contributed by atoms with Gasteiger partial charge < -0.3 is 9.15 Å². The lowest BCUT2D eigenvalue weighted by molar-refractivity contribution is -0.122. The van der Waals surface area contributed by atoms with Gasteiger partial charge in [-0.25, -0.2) is 0 Å². The van der Waals surface area contributed by atoms with E-state index in [2.05, 4.69) is 0 Å². The third-order valence-electron chi connectivity index (χ3n) is 4.44. The van der Waals surface area contributed by atoms with E-state index in [1.807, 2.05) is 19.9 Å². The first-order valence-electron chi connectivity index (χ1n) is 8.29. The Hall–Kier alpha value is -2.59. The van der Waals surface area contributed by atoms with Gasteiger partial charge in [0, 0.05) is 10.6 Å². The minimum absolute atomic E-state index is 0.0331. The molecule has 0 radical (unpaired) electrons. The fraction of sp³-hybridized carbons (Fsp3) is 0.238. The van der Waals surface area contributed by atoms with Gasteiger partial charge in [-0.05, 0) is 75.2 Å². The van der Waals surface area contributed by atoms with Crippen molar-refractivity contribution in [2.75, 3.05) is 0 Å². The zero-order valence-corrected chi connectivity index (χ0v) is 15.8. The Kier molecular flexibility index (Phi) is 4.88. The Morgan fingerprint density at radius 1 is 1.12 bits per heavy atom. The Labute approximate surface area is 156 Å². The summed E-state index contributed by atoms with van der Waals surface area (Å²) in [5, 5.41) is 1.000. The van der Waals surface area contributed by atoms with E-state index in [9.17, 15) is 9.59 Å². The van der Waals surface area contributed by atoms with Gasteiger partial charge in [0.25, 0.3) is 0 Å². The maximum atomic E-state index is 13.1. The summed E-state index contributed by atoms with van der Waals surface area (Å²) in [4.78, 5) is 24.7. The second-order valence-electron chi connectivity index (χ2n) is 6.40. The monoisotopic (exact) mass is 370 g/mol. The van der Waals surface area contributed by atoms with Crippen molar-refractivity contribution in [2.24, 2.45) is 0 Å². The first-order valence-corrected chi connectivity index (χ1v) is 8.67. The van der Waals surface area contributed by atoms with E-state index < -0.39 is 6.10 Å². The highest BCUT2D eigenvalue weighted by molar-refractivity contribution is 6.30. The van der Waals surface area contributed by atoms with Crippen LogP contribution in [0.3, 0.4) is 0 Å². The molecule has 26 heavy (non-hydrogen) atoms. The van der Waals surface area contributed by atoms with Crippen LogP contribution in [0.4, 0.5) is 0 Å². The number of carbonyl (C=O) groups excluding carboxylic acids is 1. The number of fused-ring (bicyclic) bond motifs is 1. The van der Waals surface area contributed by atoms with Crippen molar-refractivity contribution in [1.82, 2.24) is 0 Å². The number of hydrogen-bond acceptors (Lipinski definition) is 4. The first-order chi connectivity index (χ1) is 12.3. The number of rotatable bonds is 4. The smallest absolute Gasteiger partial charge is 0.235 e. The molecule has 1 aromatic heterocycles. The summed E-state index contributed by atoms with van der Waals surface area (Å²) in [6.45, 7) is 6.92. The summed E-state index contributed by atoms with van der Waals surface area (Å²) >= 11 is 5.96. The molecule has 0 N–H and O–H groups in total. The van der Waals surface area contributed by atoms with E-state index in [1.54, 1.807) is 37.3 Å².